The first-order chi connectivity index (χ1) is 14.2. The standard InChI is InChI=1S/C25H36N2O2/c1-4-7-8-9-10-13-20-18-26-24(27-19-20)21-14-16-23(17-15-21)29-25(28)22(11-5-2)12-6-3/h14-19,22H,4-13H2,1-3H3. The Labute approximate surface area is 176 Å². The number of carbonyl (C=O) groups excluding carboxylic acids is 1. The molecule has 0 aliphatic heterocycles. The van der Waals surface area contributed by atoms with E-state index in [0.717, 1.165) is 37.7 Å². The maximum atomic E-state index is 12.4. The Balaban J connectivity index is 1.89. The third-order valence-electron chi connectivity index (χ3n) is 5.21. The van der Waals surface area contributed by atoms with E-state index in [-0.39, 0.29) is 11.9 Å². The molecule has 0 N–H and O–H groups in total. The molecule has 0 unspecified atom stereocenters. The summed E-state index contributed by atoms with van der Waals surface area (Å²) in [7, 11) is 0. The van der Waals surface area contributed by atoms with Crippen molar-refractivity contribution in [2.24, 2.45) is 5.92 Å². The Morgan fingerprint density at radius 1 is 0.862 bits per heavy atom. The summed E-state index contributed by atoms with van der Waals surface area (Å²) in [6, 6.07) is 7.48. The summed E-state index contributed by atoms with van der Waals surface area (Å²) < 4.78 is 5.58. The maximum Gasteiger partial charge on any atom is 0.314 e. The number of rotatable bonds is 13. The summed E-state index contributed by atoms with van der Waals surface area (Å²) in [4.78, 5) is 21.4. The lowest BCUT2D eigenvalue weighted by atomic mass is 9.99. The average Bonchev–Trinajstić information content (AvgIpc) is 2.74. The van der Waals surface area contributed by atoms with Gasteiger partial charge >= 0.3 is 5.97 Å². The predicted molar refractivity (Wildman–Crippen MR) is 119 cm³/mol. The van der Waals surface area contributed by atoms with Crippen LogP contribution in [0.2, 0.25) is 0 Å². The number of nitrogens with zero attached hydrogens (tertiary/aromatic N) is 2. The number of hydrogen-bond donors (Lipinski definition) is 0. The molecule has 4 heteroatoms. The molecule has 0 aliphatic rings. The minimum Gasteiger partial charge on any atom is -0.426 e. The van der Waals surface area contributed by atoms with Crippen LogP contribution < -0.4 is 4.74 Å². The molecule has 0 aliphatic carbocycles. The molecule has 158 valence electrons. The van der Waals surface area contributed by atoms with E-state index in [9.17, 15) is 4.79 Å². The second-order valence-corrected chi connectivity index (χ2v) is 7.80. The lowest BCUT2D eigenvalue weighted by Gasteiger charge is -2.14. The monoisotopic (exact) mass is 396 g/mol. The van der Waals surface area contributed by atoms with Crippen molar-refractivity contribution in [3.8, 4) is 17.1 Å². The molecule has 0 atom stereocenters. The van der Waals surface area contributed by atoms with Crippen molar-refractivity contribution in [1.29, 1.82) is 0 Å². The maximum absolute atomic E-state index is 12.4. The second kappa shape index (κ2) is 13.1. The van der Waals surface area contributed by atoms with Crippen molar-refractivity contribution in [3.63, 3.8) is 0 Å². The van der Waals surface area contributed by atoms with Gasteiger partial charge in [0.15, 0.2) is 5.82 Å². The number of esters is 1. The number of hydrogen-bond acceptors (Lipinski definition) is 4. The summed E-state index contributed by atoms with van der Waals surface area (Å²) >= 11 is 0. The molecule has 0 saturated heterocycles. The fourth-order valence-electron chi connectivity index (χ4n) is 3.51. The number of unbranched alkanes of at least 4 members (excludes halogenated alkanes) is 4. The molecule has 0 amide bonds. The van der Waals surface area contributed by atoms with Crippen LogP contribution >= 0.6 is 0 Å². The number of aromatic nitrogens is 2. The number of benzene rings is 1. The third-order valence-corrected chi connectivity index (χ3v) is 5.21. The fraction of sp³-hybridized carbons (Fsp3) is 0.560. The van der Waals surface area contributed by atoms with Gasteiger partial charge in [-0.25, -0.2) is 9.97 Å². The fourth-order valence-corrected chi connectivity index (χ4v) is 3.51. The van der Waals surface area contributed by atoms with Crippen LogP contribution in [0.3, 0.4) is 0 Å². The van der Waals surface area contributed by atoms with Crippen LogP contribution in [-0.2, 0) is 11.2 Å². The Hall–Kier alpha value is -2.23. The molecular formula is C25H36N2O2. The van der Waals surface area contributed by atoms with E-state index in [4.69, 9.17) is 4.74 Å². The van der Waals surface area contributed by atoms with Crippen molar-refractivity contribution in [2.45, 2.75) is 85.0 Å². The zero-order valence-electron chi connectivity index (χ0n) is 18.3. The summed E-state index contributed by atoms with van der Waals surface area (Å²) in [6.45, 7) is 6.43. The lowest BCUT2D eigenvalue weighted by Crippen LogP contribution is -2.20. The molecule has 0 saturated carbocycles. The van der Waals surface area contributed by atoms with Crippen LogP contribution in [0.5, 0.6) is 5.75 Å². The van der Waals surface area contributed by atoms with Gasteiger partial charge in [-0.3, -0.25) is 4.79 Å². The van der Waals surface area contributed by atoms with E-state index in [0.29, 0.717) is 11.6 Å². The van der Waals surface area contributed by atoms with Crippen molar-refractivity contribution in [1.82, 2.24) is 9.97 Å². The topological polar surface area (TPSA) is 52.1 Å². The Morgan fingerprint density at radius 2 is 1.48 bits per heavy atom. The molecule has 0 bridgehead atoms. The first-order valence-corrected chi connectivity index (χ1v) is 11.3. The van der Waals surface area contributed by atoms with Gasteiger partial charge in [-0.2, -0.15) is 0 Å². The highest BCUT2D eigenvalue weighted by molar-refractivity contribution is 5.75. The van der Waals surface area contributed by atoms with E-state index >= 15 is 0 Å². The normalized spacial score (nSPS) is 11.0. The van der Waals surface area contributed by atoms with Crippen molar-refractivity contribution in [2.75, 3.05) is 0 Å². The first kappa shape index (κ1) is 23.1. The van der Waals surface area contributed by atoms with Crippen LogP contribution in [0.25, 0.3) is 11.4 Å². The van der Waals surface area contributed by atoms with Gasteiger partial charge in [0.25, 0.3) is 0 Å². The zero-order chi connectivity index (χ0) is 20.9. The van der Waals surface area contributed by atoms with Crippen molar-refractivity contribution >= 4 is 5.97 Å². The molecule has 0 fully saturated rings. The van der Waals surface area contributed by atoms with Gasteiger partial charge in [0.2, 0.25) is 0 Å². The highest BCUT2D eigenvalue weighted by Gasteiger charge is 2.18. The molecule has 4 nitrogen and oxygen atoms in total. The molecule has 1 aromatic carbocycles. The molecule has 1 aromatic heterocycles. The van der Waals surface area contributed by atoms with Crippen LogP contribution in [0, 0.1) is 5.92 Å². The predicted octanol–water partition coefficient (Wildman–Crippen LogP) is 6.78. The summed E-state index contributed by atoms with van der Waals surface area (Å²) in [6.07, 6.45) is 15.0. The van der Waals surface area contributed by atoms with Crippen LogP contribution in [0.15, 0.2) is 36.7 Å². The smallest absolute Gasteiger partial charge is 0.314 e. The Kier molecular flexibility index (Phi) is 10.4. The molecule has 2 aromatic rings. The highest BCUT2D eigenvalue weighted by Crippen LogP contribution is 2.22. The van der Waals surface area contributed by atoms with Gasteiger partial charge in [-0.15, -0.1) is 0 Å². The second-order valence-electron chi connectivity index (χ2n) is 7.80. The average molecular weight is 397 g/mol. The SMILES string of the molecule is CCCCCCCc1cnc(-c2ccc(OC(=O)C(CCC)CCC)cc2)nc1. The first-order valence-electron chi connectivity index (χ1n) is 11.3. The molecule has 0 spiro atoms. The number of carbonyl (C=O) groups is 1. The van der Waals surface area contributed by atoms with E-state index in [1.165, 1.54) is 37.7 Å². The van der Waals surface area contributed by atoms with Gasteiger partial charge in [0.1, 0.15) is 5.75 Å². The van der Waals surface area contributed by atoms with Crippen LogP contribution in [0.4, 0.5) is 0 Å². The van der Waals surface area contributed by atoms with Gasteiger partial charge in [0.05, 0.1) is 5.92 Å². The van der Waals surface area contributed by atoms with Gasteiger partial charge in [-0.05, 0) is 55.5 Å². The summed E-state index contributed by atoms with van der Waals surface area (Å²) in [5, 5.41) is 0. The minimum absolute atomic E-state index is 0.0115. The molecule has 29 heavy (non-hydrogen) atoms. The largest absolute Gasteiger partial charge is 0.426 e. The number of ether oxygens (including phenoxy) is 1. The molecule has 1 heterocycles. The minimum atomic E-state index is -0.124. The molecule has 0 radical (unpaired) electrons. The van der Waals surface area contributed by atoms with Crippen molar-refractivity contribution in [3.05, 3.63) is 42.2 Å². The van der Waals surface area contributed by atoms with E-state index in [2.05, 4.69) is 30.7 Å². The Morgan fingerprint density at radius 3 is 2.07 bits per heavy atom. The Bertz CT molecular complexity index is 705. The van der Waals surface area contributed by atoms with Crippen LogP contribution in [-0.4, -0.2) is 15.9 Å². The molecule has 2 rings (SSSR count). The molecular weight excluding hydrogens is 360 g/mol. The van der Waals surface area contributed by atoms with Crippen molar-refractivity contribution < 1.29 is 9.53 Å². The van der Waals surface area contributed by atoms with E-state index < -0.39 is 0 Å². The zero-order valence-corrected chi connectivity index (χ0v) is 18.3. The van der Waals surface area contributed by atoms with E-state index in [1.54, 1.807) is 0 Å². The highest BCUT2D eigenvalue weighted by atomic mass is 16.5. The lowest BCUT2D eigenvalue weighted by molar-refractivity contribution is -0.139. The number of aryl methyl sites for hydroxylation is 1. The van der Waals surface area contributed by atoms with Gasteiger partial charge in [0, 0.05) is 18.0 Å². The summed E-state index contributed by atoms with van der Waals surface area (Å²) in [5.41, 5.74) is 2.12. The van der Waals surface area contributed by atoms with Gasteiger partial charge in [-0.1, -0.05) is 59.3 Å². The van der Waals surface area contributed by atoms with Crippen LogP contribution in [0.1, 0.15) is 84.1 Å². The van der Waals surface area contributed by atoms with E-state index in [1.807, 2.05) is 36.7 Å². The quantitative estimate of drug-likeness (QED) is 0.213. The van der Waals surface area contributed by atoms with Gasteiger partial charge < -0.3 is 4.74 Å². The summed E-state index contributed by atoms with van der Waals surface area (Å²) in [5.74, 6) is 1.15. The third kappa shape index (κ3) is 7.96.